The first kappa shape index (κ1) is 23.6. The van der Waals surface area contributed by atoms with E-state index in [4.69, 9.17) is 4.98 Å². The van der Waals surface area contributed by atoms with Crippen LogP contribution in [0.1, 0.15) is 0 Å². The molecule has 0 unspecified atom stereocenters. The van der Waals surface area contributed by atoms with Crippen molar-refractivity contribution in [2.24, 2.45) is 0 Å². The third-order valence-electron chi connectivity index (χ3n) is 9.27. The number of hydrogen-bond acceptors (Lipinski definition) is 1. The summed E-state index contributed by atoms with van der Waals surface area (Å²) in [6.45, 7) is 0. The molecule has 3 heterocycles. The topological polar surface area (TPSA) is 22.2 Å². The summed E-state index contributed by atoms with van der Waals surface area (Å²) in [6.07, 6.45) is 0. The molecule has 0 aliphatic heterocycles. The molecule has 0 N–H and O–H groups in total. The molecule has 0 aliphatic carbocycles. The molecular formula is C41H25N3. The Hall–Kier alpha value is -5.93. The number of aromatic nitrogens is 3. The molecule has 10 rings (SSSR count). The van der Waals surface area contributed by atoms with Crippen molar-refractivity contribution in [1.29, 1.82) is 0 Å². The fraction of sp³-hybridized carbons (Fsp3) is 0. The van der Waals surface area contributed by atoms with Crippen molar-refractivity contribution in [3.8, 4) is 28.2 Å². The van der Waals surface area contributed by atoms with Crippen LogP contribution in [-0.4, -0.2) is 14.0 Å². The molecule has 10 aromatic rings. The summed E-state index contributed by atoms with van der Waals surface area (Å²) in [4.78, 5) is 5.18. The zero-order valence-corrected chi connectivity index (χ0v) is 23.8. The molecule has 0 saturated carbocycles. The summed E-state index contributed by atoms with van der Waals surface area (Å²) >= 11 is 0. The van der Waals surface area contributed by atoms with Crippen molar-refractivity contribution in [2.75, 3.05) is 0 Å². The minimum atomic E-state index is 0.951. The standard InChI is InChI=1S/C41H25N3/c1-2-11-27(12-3-1)43-39-20-9-7-18-36(39)42-41(43)34-23-22-28(29-13-4-5-14-30(29)34)26-21-24-38-35(25-26)33-17-10-16-32-31-15-6-8-19-37(31)44(38)40(32)33/h1-25H. The largest absolute Gasteiger partial charge is 0.308 e. The molecule has 44 heavy (non-hydrogen) atoms. The Balaban J connectivity index is 1.22. The summed E-state index contributed by atoms with van der Waals surface area (Å²) in [5, 5.41) is 7.62. The molecule has 3 aromatic heterocycles. The number of benzene rings is 7. The summed E-state index contributed by atoms with van der Waals surface area (Å²) in [6, 6.07) is 54.6. The molecule has 0 saturated heterocycles. The minimum Gasteiger partial charge on any atom is -0.308 e. The smallest absolute Gasteiger partial charge is 0.146 e. The molecule has 0 fully saturated rings. The summed E-state index contributed by atoms with van der Waals surface area (Å²) in [5.74, 6) is 0.951. The molecule has 0 atom stereocenters. The van der Waals surface area contributed by atoms with Crippen molar-refractivity contribution in [3.63, 3.8) is 0 Å². The lowest BCUT2D eigenvalue weighted by Crippen LogP contribution is -1.98. The third-order valence-corrected chi connectivity index (χ3v) is 9.27. The first-order valence-electron chi connectivity index (χ1n) is 15.1. The zero-order chi connectivity index (χ0) is 28.8. The van der Waals surface area contributed by atoms with Gasteiger partial charge in [-0.25, -0.2) is 4.98 Å². The lowest BCUT2D eigenvalue weighted by molar-refractivity contribution is 1.11. The van der Waals surface area contributed by atoms with Crippen LogP contribution in [0.5, 0.6) is 0 Å². The number of para-hydroxylation sites is 5. The third kappa shape index (κ3) is 3.13. The van der Waals surface area contributed by atoms with E-state index in [9.17, 15) is 0 Å². The molecule has 0 bridgehead atoms. The lowest BCUT2D eigenvalue weighted by Gasteiger charge is -2.14. The van der Waals surface area contributed by atoms with E-state index >= 15 is 0 Å². The van der Waals surface area contributed by atoms with Crippen LogP contribution in [0.3, 0.4) is 0 Å². The molecule has 0 spiro atoms. The molecule has 7 aromatic carbocycles. The highest BCUT2D eigenvalue weighted by atomic mass is 15.1. The maximum Gasteiger partial charge on any atom is 0.146 e. The minimum absolute atomic E-state index is 0.951. The van der Waals surface area contributed by atoms with Crippen LogP contribution in [-0.2, 0) is 0 Å². The predicted octanol–water partition coefficient (Wildman–Crippen LogP) is 10.7. The fourth-order valence-electron chi connectivity index (χ4n) is 7.39. The number of hydrogen-bond donors (Lipinski definition) is 0. The molecule has 0 aliphatic rings. The van der Waals surface area contributed by atoms with E-state index in [0.29, 0.717) is 0 Å². The van der Waals surface area contributed by atoms with Crippen LogP contribution in [0, 0.1) is 0 Å². The van der Waals surface area contributed by atoms with Crippen molar-refractivity contribution in [1.82, 2.24) is 14.0 Å². The highest BCUT2D eigenvalue weighted by Gasteiger charge is 2.20. The van der Waals surface area contributed by atoms with E-state index in [1.54, 1.807) is 0 Å². The van der Waals surface area contributed by atoms with E-state index in [-0.39, 0.29) is 0 Å². The highest BCUT2D eigenvalue weighted by Crippen LogP contribution is 2.42. The van der Waals surface area contributed by atoms with Gasteiger partial charge in [0.15, 0.2) is 0 Å². The monoisotopic (exact) mass is 559 g/mol. The molecule has 3 heteroatoms. The van der Waals surface area contributed by atoms with Crippen molar-refractivity contribution < 1.29 is 0 Å². The van der Waals surface area contributed by atoms with Gasteiger partial charge in [0.05, 0.1) is 27.6 Å². The van der Waals surface area contributed by atoms with Gasteiger partial charge in [-0.1, -0.05) is 103 Å². The first-order valence-corrected chi connectivity index (χ1v) is 15.1. The van der Waals surface area contributed by atoms with E-state index in [2.05, 4.69) is 161 Å². The van der Waals surface area contributed by atoms with Crippen LogP contribution in [0.2, 0.25) is 0 Å². The van der Waals surface area contributed by atoms with Crippen LogP contribution >= 0.6 is 0 Å². The Kier molecular flexibility index (Phi) is 4.72. The van der Waals surface area contributed by atoms with Gasteiger partial charge in [0.25, 0.3) is 0 Å². The van der Waals surface area contributed by atoms with Gasteiger partial charge in [0, 0.05) is 32.8 Å². The summed E-state index contributed by atoms with van der Waals surface area (Å²) in [7, 11) is 0. The second-order valence-corrected chi connectivity index (χ2v) is 11.6. The number of rotatable bonds is 3. The second-order valence-electron chi connectivity index (χ2n) is 11.6. The number of fused-ring (bicyclic) bond motifs is 8. The Morgan fingerprint density at radius 2 is 1.02 bits per heavy atom. The van der Waals surface area contributed by atoms with Gasteiger partial charge in [-0.2, -0.15) is 0 Å². The zero-order valence-electron chi connectivity index (χ0n) is 23.8. The Morgan fingerprint density at radius 3 is 1.86 bits per heavy atom. The quantitative estimate of drug-likeness (QED) is 0.211. The van der Waals surface area contributed by atoms with Crippen molar-refractivity contribution in [3.05, 3.63) is 152 Å². The molecule has 0 amide bonds. The molecule has 3 nitrogen and oxygen atoms in total. The number of nitrogens with zero attached hydrogens (tertiary/aromatic N) is 3. The highest BCUT2D eigenvalue weighted by molar-refractivity contribution is 6.23. The first-order chi connectivity index (χ1) is 21.8. The van der Waals surface area contributed by atoms with Crippen molar-refractivity contribution >= 4 is 59.9 Å². The van der Waals surface area contributed by atoms with Crippen LogP contribution in [0.25, 0.3) is 88.1 Å². The van der Waals surface area contributed by atoms with Gasteiger partial charge in [-0.15, -0.1) is 0 Å². The molecule has 0 radical (unpaired) electrons. The maximum atomic E-state index is 5.18. The van der Waals surface area contributed by atoms with Crippen LogP contribution < -0.4 is 0 Å². The number of imidazole rings is 1. The Bertz CT molecular complexity index is 2710. The van der Waals surface area contributed by atoms with E-state index in [1.165, 1.54) is 60.0 Å². The Morgan fingerprint density at radius 1 is 0.409 bits per heavy atom. The van der Waals surface area contributed by atoms with Crippen molar-refractivity contribution in [2.45, 2.75) is 0 Å². The van der Waals surface area contributed by atoms with Crippen LogP contribution in [0.15, 0.2) is 152 Å². The van der Waals surface area contributed by atoms with Gasteiger partial charge in [-0.05, 0) is 70.4 Å². The van der Waals surface area contributed by atoms with Gasteiger partial charge in [0.2, 0.25) is 0 Å². The predicted molar refractivity (Wildman–Crippen MR) is 184 cm³/mol. The van der Waals surface area contributed by atoms with Gasteiger partial charge in [-0.3, -0.25) is 4.57 Å². The summed E-state index contributed by atoms with van der Waals surface area (Å²) in [5.41, 5.74) is 10.6. The van der Waals surface area contributed by atoms with Gasteiger partial charge < -0.3 is 4.40 Å². The van der Waals surface area contributed by atoms with Crippen LogP contribution in [0.4, 0.5) is 0 Å². The van der Waals surface area contributed by atoms with Gasteiger partial charge >= 0.3 is 0 Å². The normalized spacial score (nSPS) is 12.1. The van der Waals surface area contributed by atoms with Gasteiger partial charge in [0.1, 0.15) is 5.82 Å². The SMILES string of the molecule is c1ccc(-n2c(-c3ccc(-c4ccc5c(c4)c4cccc6c7ccccc7n5c64)c4ccccc34)nc3ccccc32)cc1. The Labute approximate surface area is 253 Å². The van der Waals surface area contributed by atoms with E-state index in [0.717, 1.165) is 28.1 Å². The second kappa shape index (κ2) is 8.79. The van der Waals surface area contributed by atoms with E-state index in [1.807, 2.05) is 0 Å². The lowest BCUT2D eigenvalue weighted by atomic mass is 9.93. The average molecular weight is 560 g/mol. The van der Waals surface area contributed by atoms with E-state index < -0.39 is 0 Å². The molecular weight excluding hydrogens is 534 g/mol. The maximum absolute atomic E-state index is 5.18. The average Bonchev–Trinajstić information content (AvgIpc) is 3.75. The molecule has 204 valence electrons. The fourth-order valence-corrected chi connectivity index (χ4v) is 7.39. The summed E-state index contributed by atoms with van der Waals surface area (Å²) < 4.78 is 4.72.